The summed E-state index contributed by atoms with van der Waals surface area (Å²) in [6, 6.07) is 6.11. The molecular weight excluding hydrogens is 234 g/mol. The minimum Gasteiger partial charge on any atom is -0.330 e. The molecule has 0 radical (unpaired) electrons. The van der Waals surface area contributed by atoms with Crippen molar-refractivity contribution in [3.63, 3.8) is 0 Å². The molecule has 0 aliphatic heterocycles. The fraction of sp³-hybridized carbons (Fsp3) is 0.688. The monoisotopic (exact) mass is 263 g/mol. The molecule has 0 aromatic carbocycles. The number of nitrogens with zero attached hydrogens (tertiary/aromatic N) is 2. The Morgan fingerprint density at radius 3 is 2.63 bits per heavy atom. The summed E-state index contributed by atoms with van der Waals surface area (Å²) in [6.07, 6.45) is 5.33. The van der Waals surface area contributed by atoms with Crippen LogP contribution in [0.3, 0.4) is 0 Å². The van der Waals surface area contributed by atoms with Crippen molar-refractivity contribution < 1.29 is 0 Å². The summed E-state index contributed by atoms with van der Waals surface area (Å²) in [4.78, 5) is 6.74. The average molecular weight is 263 g/mol. The highest BCUT2D eigenvalue weighted by atomic mass is 15.1. The molecule has 1 aromatic heterocycles. The lowest BCUT2D eigenvalue weighted by atomic mass is 9.94. The highest BCUT2D eigenvalue weighted by molar-refractivity contribution is 5.03. The Morgan fingerprint density at radius 1 is 1.26 bits per heavy atom. The molecule has 0 aliphatic carbocycles. The van der Waals surface area contributed by atoms with E-state index < -0.39 is 0 Å². The molecule has 2 N–H and O–H groups in total. The smallest absolute Gasteiger partial charge is 0.0416 e. The summed E-state index contributed by atoms with van der Waals surface area (Å²) < 4.78 is 0. The zero-order valence-electron chi connectivity index (χ0n) is 12.7. The van der Waals surface area contributed by atoms with Crippen molar-refractivity contribution in [1.29, 1.82) is 0 Å². The van der Waals surface area contributed by atoms with E-state index in [1.165, 1.54) is 18.5 Å². The van der Waals surface area contributed by atoms with Crippen LogP contribution in [-0.2, 0) is 6.42 Å². The maximum absolute atomic E-state index is 5.84. The molecule has 108 valence electrons. The third-order valence-corrected chi connectivity index (χ3v) is 3.53. The van der Waals surface area contributed by atoms with Gasteiger partial charge < -0.3 is 10.6 Å². The van der Waals surface area contributed by atoms with E-state index in [1.54, 1.807) is 0 Å². The Morgan fingerprint density at radius 2 is 2.05 bits per heavy atom. The summed E-state index contributed by atoms with van der Waals surface area (Å²) >= 11 is 0. The van der Waals surface area contributed by atoms with Crippen molar-refractivity contribution in [2.75, 3.05) is 26.7 Å². The highest BCUT2D eigenvalue weighted by Crippen LogP contribution is 2.14. The zero-order valence-corrected chi connectivity index (χ0v) is 12.7. The first kappa shape index (κ1) is 16.1. The number of aromatic nitrogens is 1. The molecular formula is C16H29N3. The summed E-state index contributed by atoms with van der Waals surface area (Å²) in [5, 5.41) is 0. The van der Waals surface area contributed by atoms with Gasteiger partial charge in [-0.3, -0.25) is 4.98 Å². The Kier molecular flexibility index (Phi) is 7.68. The van der Waals surface area contributed by atoms with Crippen LogP contribution in [0.2, 0.25) is 0 Å². The van der Waals surface area contributed by atoms with Gasteiger partial charge in [-0.05, 0) is 56.9 Å². The number of nitrogens with two attached hydrogens (primary N) is 1. The van der Waals surface area contributed by atoms with Gasteiger partial charge in [0.15, 0.2) is 0 Å². The summed E-state index contributed by atoms with van der Waals surface area (Å²) in [5.74, 6) is 1.41. The quantitative estimate of drug-likeness (QED) is 0.744. The maximum Gasteiger partial charge on any atom is 0.0416 e. The Hall–Kier alpha value is -0.930. The second-order valence-corrected chi connectivity index (χ2v) is 5.89. The Bertz CT molecular complexity index is 324. The normalized spacial score (nSPS) is 13.2. The van der Waals surface area contributed by atoms with Gasteiger partial charge in [-0.25, -0.2) is 0 Å². The predicted molar refractivity (Wildman–Crippen MR) is 82.1 cm³/mol. The van der Waals surface area contributed by atoms with Gasteiger partial charge in [-0.1, -0.05) is 19.9 Å². The largest absolute Gasteiger partial charge is 0.330 e. The number of likely N-dealkylation sites (N-methyl/N-ethyl adjacent to an activating group) is 1. The van der Waals surface area contributed by atoms with Crippen molar-refractivity contribution in [3.05, 3.63) is 30.1 Å². The molecule has 1 heterocycles. The number of pyridine rings is 1. The molecule has 1 rings (SSSR count). The van der Waals surface area contributed by atoms with Gasteiger partial charge in [0.2, 0.25) is 0 Å². The van der Waals surface area contributed by atoms with Crippen LogP contribution in [-0.4, -0.2) is 36.6 Å². The fourth-order valence-corrected chi connectivity index (χ4v) is 2.36. The van der Waals surface area contributed by atoms with Gasteiger partial charge in [0.05, 0.1) is 0 Å². The van der Waals surface area contributed by atoms with E-state index in [9.17, 15) is 0 Å². The first-order valence-corrected chi connectivity index (χ1v) is 7.40. The second-order valence-electron chi connectivity index (χ2n) is 5.89. The maximum atomic E-state index is 5.84. The summed E-state index contributed by atoms with van der Waals surface area (Å²) in [6.45, 7) is 7.55. The van der Waals surface area contributed by atoms with Crippen molar-refractivity contribution in [2.24, 2.45) is 17.6 Å². The third kappa shape index (κ3) is 7.28. The van der Waals surface area contributed by atoms with Crippen molar-refractivity contribution in [1.82, 2.24) is 9.88 Å². The van der Waals surface area contributed by atoms with Crippen LogP contribution in [0, 0.1) is 11.8 Å². The molecule has 0 saturated heterocycles. The summed E-state index contributed by atoms with van der Waals surface area (Å²) in [7, 11) is 2.19. The number of rotatable bonds is 9. The van der Waals surface area contributed by atoms with E-state index in [0.717, 1.165) is 32.0 Å². The Labute approximate surface area is 118 Å². The number of hydrogen-bond donors (Lipinski definition) is 1. The van der Waals surface area contributed by atoms with E-state index in [1.807, 2.05) is 12.3 Å². The van der Waals surface area contributed by atoms with E-state index in [2.05, 4.69) is 42.9 Å². The molecule has 1 unspecified atom stereocenters. The van der Waals surface area contributed by atoms with Crippen LogP contribution >= 0.6 is 0 Å². The van der Waals surface area contributed by atoms with Crippen molar-refractivity contribution >= 4 is 0 Å². The topological polar surface area (TPSA) is 42.1 Å². The van der Waals surface area contributed by atoms with Crippen LogP contribution in [0.5, 0.6) is 0 Å². The lowest BCUT2D eigenvalue weighted by Gasteiger charge is -2.21. The second kappa shape index (κ2) is 9.05. The molecule has 0 bridgehead atoms. The molecule has 3 heteroatoms. The molecule has 0 fully saturated rings. The van der Waals surface area contributed by atoms with E-state index in [-0.39, 0.29) is 0 Å². The van der Waals surface area contributed by atoms with Gasteiger partial charge in [0.25, 0.3) is 0 Å². The number of hydrogen-bond acceptors (Lipinski definition) is 3. The molecule has 0 saturated carbocycles. The zero-order chi connectivity index (χ0) is 14.1. The lowest BCUT2D eigenvalue weighted by Crippen LogP contribution is -2.27. The van der Waals surface area contributed by atoms with Gasteiger partial charge in [-0.15, -0.1) is 0 Å². The SMILES string of the molecule is CC(C)CC(CN)CCN(C)CCc1ccccn1. The third-order valence-electron chi connectivity index (χ3n) is 3.53. The molecule has 1 aromatic rings. The Balaban J connectivity index is 2.21. The van der Waals surface area contributed by atoms with E-state index >= 15 is 0 Å². The minimum atomic E-state index is 0.664. The predicted octanol–water partition coefficient (Wildman–Crippen LogP) is 2.57. The van der Waals surface area contributed by atoms with Crippen LogP contribution in [0.25, 0.3) is 0 Å². The first-order chi connectivity index (χ1) is 9.11. The molecule has 0 aliphatic rings. The summed E-state index contributed by atoms with van der Waals surface area (Å²) in [5.41, 5.74) is 7.02. The van der Waals surface area contributed by atoms with Gasteiger partial charge in [0.1, 0.15) is 0 Å². The van der Waals surface area contributed by atoms with E-state index in [0.29, 0.717) is 5.92 Å². The highest BCUT2D eigenvalue weighted by Gasteiger charge is 2.10. The molecule has 19 heavy (non-hydrogen) atoms. The molecule has 0 amide bonds. The molecule has 1 atom stereocenters. The molecule has 3 nitrogen and oxygen atoms in total. The van der Waals surface area contributed by atoms with Crippen molar-refractivity contribution in [3.8, 4) is 0 Å². The van der Waals surface area contributed by atoms with Crippen LogP contribution in [0.4, 0.5) is 0 Å². The van der Waals surface area contributed by atoms with Crippen LogP contribution < -0.4 is 5.73 Å². The van der Waals surface area contributed by atoms with Gasteiger partial charge in [0, 0.05) is 24.9 Å². The van der Waals surface area contributed by atoms with Gasteiger partial charge >= 0.3 is 0 Å². The molecule has 0 spiro atoms. The lowest BCUT2D eigenvalue weighted by molar-refractivity contribution is 0.286. The fourth-order valence-electron chi connectivity index (χ4n) is 2.36. The van der Waals surface area contributed by atoms with Crippen LogP contribution in [0.1, 0.15) is 32.4 Å². The van der Waals surface area contributed by atoms with Crippen LogP contribution in [0.15, 0.2) is 24.4 Å². The first-order valence-electron chi connectivity index (χ1n) is 7.40. The average Bonchev–Trinajstić information content (AvgIpc) is 2.42. The van der Waals surface area contributed by atoms with Gasteiger partial charge in [-0.2, -0.15) is 0 Å². The minimum absolute atomic E-state index is 0.664. The van der Waals surface area contributed by atoms with Crippen molar-refractivity contribution in [2.45, 2.75) is 33.1 Å². The standard InChI is InChI=1S/C16H29N3/c1-14(2)12-15(13-17)7-10-19(3)11-8-16-6-4-5-9-18-16/h4-6,9,14-15H,7-8,10-13,17H2,1-3H3. The van der Waals surface area contributed by atoms with E-state index in [4.69, 9.17) is 5.73 Å².